The lowest BCUT2D eigenvalue weighted by atomic mass is 10.2. The quantitative estimate of drug-likeness (QED) is 0.920. The van der Waals surface area contributed by atoms with E-state index in [2.05, 4.69) is 6.26 Å². The van der Waals surface area contributed by atoms with Crippen LogP contribution in [0.2, 0.25) is 0 Å². The van der Waals surface area contributed by atoms with Gasteiger partial charge >= 0.3 is 0 Å². The zero-order valence-electron chi connectivity index (χ0n) is 10.3. The van der Waals surface area contributed by atoms with Crippen LogP contribution < -0.4 is 5.73 Å². The summed E-state index contributed by atoms with van der Waals surface area (Å²) in [6, 6.07) is 1.67. The first-order chi connectivity index (χ1) is 8.59. The van der Waals surface area contributed by atoms with E-state index in [9.17, 15) is 8.42 Å². The third-order valence-electron chi connectivity index (χ3n) is 3.24. The molecule has 2 rings (SSSR count). The number of nitrogens with zero attached hydrogens (tertiary/aromatic N) is 1. The first-order valence-electron chi connectivity index (χ1n) is 5.89. The van der Waals surface area contributed by atoms with Crippen molar-refractivity contribution in [1.29, 1.82) is 0 Å². The molecule has 0 aliphatic carbocycles. The molecule has 102 valence electrons. The van der Waals surface area contributed by atoms with Gasteiger partial charge in [0.05, 0.1) is 4.90 Å². The number of thioether (sulfide) groups is 1. The van der Waals surface area contributed by atoms with Gasteiger partial charge in [0.1, 0.15) is 0 Å². The van der Waals surface area contributed by atoms with E-state index < -0.39 is 10.0 Å². The second kappa shape index (κ2) is 5.92. The van der Waals surface area contributed by atoms with E-state index >= 15 is 0 Å². The lowest BCUT2D eigenvalue weighted by Crippen LogP contribution is -2.39. The zero-order valence-corrected chi connectivity index (χ0v) is 12.8. The molecule has 1 aliphatic rings. The highest BCUT2D eigenvalue weighted by molar-refractivity contribution is 7.99. The molecule has 0 radical (unpaired) electrons. The van der Waals surface area contributed by atoms with E-state index in [1.165, 1.54) is 11.3 Å². The SMILES string of the molecule is CSC1CCN(S(=O)(=O)c2ccsc2CN)CC1. The van der Waals surface area contributed by atoms with E-state index in [1.807, 2.05) is 11.8 Å². The van der Waals surface area contributed by atoms with Crippen LogP contribution in [-0.2, 0) is 16.6 Å². The number of piperidine rings is 1. The zero-order chi connectivity index (χ0) is 13.2. The van der Waals surface area contributed by atoms with Gasteiger partial charge in [0, 0.05) is 29.8 Å². The minimum atomic E-state index is -3.34. The van der Waals surface area contributed by atoms with Crippen molar-refractivity contribution in [3.05, 3.63) is 16.3 Å². The number of sulfonamides is 1. The smallest absolute Gasteiger partial charge is 0.244 e. The highest BCUT2D eigenvalue weighted by atomic mass is 32.2. The van der Waals surface area contributed by atoms with Gasteiger partial charge in [0.15, 0.2) is 0 Å². The second-order valence-corrected chi connectivity index (χ2v) is 8.30. The van der Waals surface area contributed by atoms with Crippen LogP contribution in [0.1, 0.15) is 17.7 Å². The molecule has 1 aliphatic heterocycles. The number of rotatable bonds is 4. The lowest BCUT2D eigenvalue weighted by molar-refractivity contribution is 0.352. The molecule has 1 aromatic heterocycles. The molecule has 2 heterocycles. The van der Waals surface area contributed by atoms with Crippen LogP contribution >= 0.6 is 23.1 Å². The molecule has 0 amide bonds. The van der Waals surface area contributed by atoms with Crippen LogP contribution in [0.5, 0.6) is 0 Å². The van der Waals surface area contributed by atoms with Gasteiger partial charge in [0.2, 0.25) is 10.0 Å². The average molecular weight is 306 g/mol. The molecule has 1 fully saturated rings. The fourth-order valence-corrected chi connectivity index (χ4v) is 5.61. The summed E-state index contributed by atoms with van der Waals surface area (Å²) in [6.07, 6.45) is 3.95. The van der Waals surface area contributed by atoms with Crippen LogP contribution in [0.25, 0.3) is 0 Å². The van der Waals surface area contributed by atoms with Crippen LogP contribution in [-0.4, -0.2) is 37.3 Å². The van der Waals surface area contributed by atoms with Crippen LogP contribution in [0, 0.1) is 0 Å². The number of hydrogen-bond donors (Lipinski definition) is 1. The molecule has 4 nitrogen and oxygen atoms in total. The van der Waals surface area contributed by atoms with Crippen molar-refractivity contribution in [2.75, 3.05) is 19.3 Å². The summed E-state index contributed by atoms with van der Waals surface area (Å²) >= 11 is 3.23. The predicted molar refractivity (Wildman–Crippen MR) is 77.5 cm³/mol. The van der Waals surface area contributed by atoms with Gasteiger partial charge in [-0.1, -0.05) is 0 Å². The van der Waals surface area contributed by atoms with Gasteiger partial charge in [-0.05, 0) is 30.5 Å². The Labute approximate surface area is 117 Å². The molecule has 0 atom stereocenters. The van der Waals surface area contributed by atoms with Gasteiger partial charge < -0.3 is 5.73 Å². The Hall–Kier alpha value is -0.0800. The normalized spacial score (nSPS) is 19.2. The van der Waals surface area contributed by atoms with Crippen LogP contribution in [0.4, 0.5) is 0 Å². The van der Waals surface area contributed by atoms with Crippen LogP contribution in [0.15, 0.2) is 16.3 Å². The van der Waals surface area contributed by atoms with Crippen molar-refractivity contribution in [2.24, 2.45) is 5.73 Å². The number of nitrogens with two attached hydrogens (primary N) is 1. The maximum Gasteiger partial charge on any atom is 0.244 e. The molecule has 2 N–H and O–H groups in total. The molecule has 1 saturated heterocycles. The molecule has 0 bridgehead atoms. The first kappa shape index (κ1) is 14.3. The van der Waals surface area contributed by atoms with E-state index in [0.29, 0.717) is 23.2 Å². The summed E-state index contributed by atoms with van der Waals surface area (Å²) < 4.78 is 26.6. The summed E-state index contributed by atoms with van der Waals surface area (Å²) in [6.45, 7) is 1.52. The van der Waals surface area contributed by atoms with E-state index in [1.54, 1.807) is 15.8 Å². The fraction of sp³-hybridized carbons (Fsp3) is 0.636. The van der Waals surface area contributed by atoms with Gasteiger partial charge in [-0.3, -0.25) is 0 Å². The molecule has 7 heteroatoms. The highest BCUT2D eigenvalue weighted by Gasteiger charge is 2.30. The summed E-state index contributed by atoms with van der Waals surface area (Å²) in [4.78, 5) is 1.15. The lowest BCUT2D eigenvalue weighted by Gasteiger charge is -2.30. The van der Waals surface area contributed by atoms with Crippen molar-refractivity contribution >= 4 is 33.1 Å². The Kier molecular flexibility index (Phi) is 4.71. The van der Waals surface area contributed by atoms with Gasteiger partial charge in [-0.25, -0.2) is 8.42 Å². The molecule has 0 spiro atoms. The first-order valence-corrected chi connectivity index (χ1v) is 9.49. The molecule has 0 aromatic carbocycles. The topological polar surface area (TPSA) is 63.4 Å². The van der Waals surface area contributed by atoms with Gasteiger partial charge in [-0.2, -0.15) is 16.1 Å². The summed E-state index contributed by atoms with van der Waals surface area (Å²) in [7, 11) is -3.34. The predicted octanol–water partition coefficient (Wildman–Crippen LogP) is 1.72. The maximum absolute atomic E-state index is 12.5. The molecule has 18 heavy (non-hydrogen) atoms. The molecule has 1 aromatic rings. The largest absolute Gasteiger partial charge is 0.326 e. The molecule has 0 unspecified atom stereocenters. The van der Waals surface area contributed by atoms with Crippen molar-refractivity contribution in [3.63, 3.8) is 0 Å². The van der Waals surface area contributed by atoms with Crippen molar-refractivity contribution in [1.82, 2.24) is 4.31 Å². The van der Waals surface area contributed by atoms with Crippen molar-refractivity contribution < 1.29 is 8.42 Å². The minimum absolute atomic E-state index is 0.285. The summed E-state index contributed by atoms with van der Waals surface area (Å²) in [5.74, 6) is 0. The standard InChI is InChI=1S/C11H18N2O2S3/c1-16-9-2-5-13(6-3-9)18(14,15)11-4-7-17-10(11)8-12/h4,7,9H,2-3,5-6,8,12H2,1H3. The fourth-order valence-electron chi connectivity index (χ4n) is 2.15. The Morgan fingerprint density at radius 1 is 1.50 bits per heavy atom. The number of thiophene rings is 1. The average Bonchev–Trinajstić information content (AvgIpc) is 2.88. The Balaban J connectivity index is 2.17. The summed E-state index contributed by atoms with van der Waals surface area (Å²) in [5, 5.41) is 2.39. The van der Waals surface area contributed by atoms with Gasteiger partial charge in [-0.15, -0.1) is 11.3 Å². The Bertz CT molecular complexity index is 490. The van der Waals surface area contributed by atoms with Gasteiger partial charge in [0.25, 0.3) is 0 Å². The van der Waals surface area contributed by atoms with Crippen LogP contribution in [0.3, 0.4) is 0 Å². The monoisotopic (exact) mass is 306 g/mol. The molecular weight excluding hydrogens is 288 g/mol. The maximum atomic E-state index is 12.5. The Morgan fingerprint density at radius 2 is 2.17 bits per heavy atom. The minimum Gasteiger partial charge on any atom is -0.326 e. The highest BCUT2D eigenvalue weighted by Crippen LogP contribution is 2.29. The second-order valence-electron chi connectivity index (χ2n) is 4.25. The molecule has 0 saturated carbocycles. The number of hydrogen-bond acceptors (Lipinski definition) is 5. The van der Waals surface area contributed by atoms with E-state index in [4.69, 9.17) is 5.73 Å². The third-order valence-corrected chi connectivity index (χ3v) is 7.44. The third kappa shape index (κ3) is 2.75. The summed E-state index contributed by atoms with van der Waals surface area (Å²) in [5.41, 5.74) is 5.59. The molecular formula is C11H18N2O2S3. The Morgan fingerprint density at radius 3 is 2.72 bits per heavy atom. The van der Waals surface area contributed by atoms with E-state index in [0.717, 1.165) is 17.7 Å². The van der Waals surface area contributed by atoms with Crippen molar-refractivity contribution in [2.45, 2.75) is 29.5 Å². The van der Waals surface area contributed by atoms with Crippen molar-refractivity contribution in [3.8, 4) is 0 Å². The van der Waals surface area contributed by atoms with E-state index in [-0.39, 0.29) is 6.54 Å².